The fraction of sp³-hybridized carbons (Fsp3) is 0.708. The third kappa shape index (κ3) is 6.36. The molecule has 0 aliphatic carbocycles. The number of guanidine groups is 1. The maximum Gasteiger partial charge on any atom is 0.191 e. The molecule has 3 unspecified atom stereocenters. The molecule has 2 aliphatic rings. The van der Waals surface area contributed by atoms with E-state index in [-0.39, 0.29) is 5.41 Å². The van der Waals surface area contributed by atoms with Gasteiger partial charge in [0.05, 0.1) is 6.10 Å². The molecule has 3 rings (SSSR count). The molecule has 2 saturated heterocycles. The number of anilines is 1. The van der Waals surface area contributed by atoms with E-state index in [4.69, 9.17) is 9.73 Å². The first-order chi connectivity index (χ1) is 14.0. The number of para-hydroxylation sites is 1. The Morgan fingerprint density at radius 2 is 1.97 bits per heavy atom. The molecule has 0 saturated carbocycles. The zero-order valence-electron chi connectivity index (χ0n) is 18.8. The molecule has 2 fully saturated rings. The number of nitrogens with one attached hydrogen (secondary N) is 2. The molecular weight excluding hydrogens is 360 g/mol. The molecule has 0 aromatic heterocycles. The Labute approximate surface area is 177 Å². The molecule has 1 aromatic rings. The fourth-order valence-corrected chi connectivity index (χ4v) is 4.65. The van der Waals surface area contributed by atoms with E-state index in [1.807, 2.05) is 0 Å². The van der Waals surface area contributed by atoms with Gasteiger partial charge in [-0.1, -0.05) is 39.0 Å². The summed E-state index contributed by atoms with van der Waals surface area (Å²) in [6, 6.07) is 10.7. The summed E-state index contributed by atoms with van der Waals surface area (Å²) in [5.74, 6) is 2.10. The van der Waals surface area contributed by atoms with Crippen molar-refractivity contribution in [1.29, 1.82) is 0 Å². The normalized spacial score (nSPS) is 25.9. The summed E-state index contributed by atoms with van der Waals surface area (Å²) in [6.45, 7) is 14.8. The largest absolute Gasteiger partial charge is 0.377 e. The average molecular weight is 401 g/mol. The molecule has 2 N–H and O–H groups in total. The predicted molar refractivity (Wildman–Crippen MR) is 123 cm³/mol. The van der Waals surface area contributed by atoms with Gasteiger partial charge in [0.1, 0.15) is 0 Å². The molecule has 29 heavy (non-hydrogen) atoms. The molecule has 2 heterocycles. The van der Waals surface area contributed by atoms with Crippen molar-refractivity contribution in [2.75, 3.05) is 44.2 Å². The van der Waals surface area contributed by atoms with Crippen LogP contribution < -0.4 is 15.5 Å². The van der Waals surface area contributed by atoms with Gasteiger partial charge >= 0.3 is 0 Å². The third-order valence-electron chi connectivity index (χ3n) is 6.09. The van der Waals surface area contributed by atoms with Gasteiger partial charge in [-0.05, 0) is 49.7 Å². The van der Waals surface area contributed by atoms with Crippen molar-refractivity contribution in [2.24, 2.45) is 22.2 Å². The van der Waals surface area contributed by atoms with Gasteiger partial charge in [-0.25, -0.2) is 0 Å². The van der Waals surface area contributed by atoms with Crippen LogP contribution in [0.3, 0.4) is 0 Å². The van der Waals surface area contributed by atoms with E-state index in [1.54, 1.807) is 0 Å². The number of ether oxygens (including phenoxy) is 1. The summed E-state index contributed by atoms with van der Waals surface area (Å²) in [6.07, 6.45) is 3.90. The minimum atomic E-state index is 0.174. The maximum absolute atomic E-state index is 6.14. The predicted octanol–water partition coefficient (Wildman–Crippen LogP) is 3.91. The van der Waals surface area contributed by atoms with Gasteiger partial charge in [0, 0.05) is 50.9 Å². The molecular formula is C24H40N4O. The lowest BCUT2D eigenvalue weighted by Crippen LogP contribution is -2.47. The summed E-state index contributed by atoms with van der Waals surface area (Å²) in [5, 5.41) is 7.03. The van der Waals surface area contributed by atoms with Gasteiger partial charge in [-0.15, -0.1) is 0 Å². The summed E-state index contributed by atoms with van der Waals surface area (Å²) in [5.41, 5.74) is 1.50. The Morgan fingerprint density at radius 3 is 2.69 bits per heavy atom. The van der Waals surface area contributed by atoms with Crippen molar-refractivity contribution in [3.05, 3.63) is 30.3 Å². The molecule has 0 bridgehead atoms. The molecule has 0 radical (unpaired) electrons. The Balaban J connectivity index is 1.52. The second-order valence-corrected chi connectivity index (χ2v) is 9.60. The second kappa shape index (κ2) is 10.3. The zero-order valence-corrected chi connectivity index (χ0v) is 18.8. The van der Waals surface area contributed by atoms with E-state index in [1.165, 1.54) is 18.5 Å². The van der Waals surface area contributed by atoms with Crippen LogP contribution in [0.1, 0.15) is 47.0 Å². The van der Waals surface area contributed by atoms with Crippen molar-refractivity contribution in [2.45, 2.75) is 53.1 Å². The first-order valence-electron chi connectivity index (χ1n) is 11.4. The van der Waals surface area contributed by atoms with Crippen LogP contribution in [0.25, 0.3) is 0 Å². The van der Waals surface area contributed by atoms with Crippen molar-refractivity contribution in [3.63, 3.8) is 0 Å². The highest BCUT2D eigenvalue weighted by molar-refractivity contribution is 5.79. The lowest BCUT2D eigenvalue weighted by atomic mass is 9.78. The molecule has 2 aliphatic heterocycles. The van der Waals surface area contributed by atoms with Crippen LogP contribution in [0.4, 0.5) is 5.69 Å². The minimum absolute atomic E-state index is 0.174. The number of nitrogens with zero attached hydrogens (tertiary/aromatic N) is 2. The fourth-order valence-electron chi connectivity index (χ4n) is 4.65. The van der Waals surface area contributed by atoms with Crippen LogP contribution in [0.15, 0.2) is 35.3 Å². The monoisotopic (exact) mass is 400 g/mol. The molecule has 1 aromatic carbocycles. The highest BCUT2D eigenvalue weighted by Gasteiger charge is 2.35. The smallest absolute Gasteiger partial charge is 0.191 e. The Hall–Kier alpha value is -1.75. The van der Waals surface area contributed by atoms with Crippen molar-refractivity contribution in [1.82, 2.24) is 10.6 Å². The number of aliphatic imine (C=N–C) groups is 1. The maximum atomic E-state index is 6.14. The highest BCUT2D eigenvalue weighted by Crippen LogP contribution is 2.33. The average Bonchev–Trinajstić information content (AvgIpc) is 3.19. The Bertz CT molecular complexity index is 640. The summed E-state index contributed by atoms with van der Waals surface area (Å²) >= 11 is 0. The van der Waals surface area contributed by atoms with E-state index >= 15 is 0 Å². The van der Waals surface area contributed by atoms with Crippen LogP contribution in [-0.4, -0.2) is 51.4 Å². The van der Waals surface area contributed by atoms with Gasteiger partial charge in [-0.3, -0.25) is 4.99 Å². The van der Waals surface area contributed by atoms with E-state index in [0.29, 0.717) is 17.9 Å². The lowest BCUT2D eigenvalue weighted by Gasteiger charge is -2.40. The topological polar surface area (TPSA) is 48.9 Å². The SMILES string of the molecule is CCNC(=NCC1CCN(c2ccccc2)C1)NCC1CCCOC1C(C)(C)C. The first-order valence-corrected chi connectivity index (χ1v) is 11.4. The molecule has 162 valence electrons. The van der Waals surface area contributed by atoms with Gasteiger partial charge in [0.25, 0.3) is 0 Å². The van der Waals surface area contributed by atoms with Crippen molar-refractivity contribution in [3.8, 4) is 0 Å². The Kier molecular flexibility index (Phi) is 7.82. The van der Waals surface area contributed by atoms with Crippen molar-refractivity contribution >= 4 is 11.6 Å². The van der Waals surface area contributed by atoms with Crippen LogP contribution in [0, 0.1) is 17.3 Å². The van der Waals surface area contributed by atoms with Gasteiger partial charge in [0.15, 0.2) is 5.96 Å². The van der Waals surface area contributed by atoms with Crippen molar-refractivity contribution < 1.29 is 4.74 Å². The molecule has 0 spiro atoms. The van der Waals surface area contributed by atoms with E-state index in [2.05, 4.69) is 73.6 Å². The number of hydrogen-bond acceptors (Lipinski definition) is 3. The van der Waals surface area contributed by atoms with Gasteiger partial charge in [-0.2, -0.15) is 0 Å². The Morgan fingerprint density at radius 1 is 1.17 bits per heavy atom. The third-order valence-corrected chi connectivity index (χ3v) is 6.09. The van der Waals surface area contributed by atoms with E-state index in [9.17, 15) is 0 Å². The zero-order chi connectivity index (χ0) is 20.7. The molecule has 0 amide bonds. The van der Waals surface area contributed by atoms with Gasteiger partial charge in [0.2, 0.25) is 0 Å². The number of rotatable bonds is 6. The summed E-state index contributed by atoms with van der Waals surface area (Å²) < 4.78 is 6.14. The van der Waals surface area contributed by atoms with Gasteiger partial charge < -0.3 is 20.3 Å². The molecule has 5 nitrogen and oxygen atoms in total. The second-order valence-electron chi connectivity index (χ2n) is 9.60. The molecule has 5 heteroatoms. The lowest BCUT2D eigenvalue weighted by molar-refractivity contribution is -0.0835. The van der Waals surface area contributed by atoms with E-state index in [0.717, 1.165) is 51.7 Å². The van der Waals surface area contributed by atoms with Crippen LogP contribution in [-0.2, 0) is 4.74 Å². The first kappa shape index (κ1) is 21.9. The quantitative estimate of drug-likeness (QED) is 0.561. The standard InChI is InChI=1S/C24H40N4O/c1-5-25-23(27-17-20-10-9-15-29-22(20)24(2,3)4)26-16-19-13-14-28(18-19)21-11-7-6-8-12-21/h6-8,11-12,19-20,22H,5,9-10,13-18H2,1-4H3,(H2,25,26,27). The van der Waals surface area contributed by atoms with Crippen LogP contribution >= 0.6 is 0 Å². The number of benzene rings is 1. The summed E-state index contributed by atoms with van der Waals surface area (Å²) in [7, 11) is 0. The minimum Gasteiger partial charge on any atom is -0.377 e. The number of hydrogen-bond donors (Lipinski definition) is 2. The molecule has 3 atom stereocenters. The van der Waals surface area contributed by atoms with Crippen LogP contribution in [0.5, 0.6) is 0 Å². The highest BCUT2D eigenvalue weighted by atomic mass is 16.5. The van der Waals surface area contributed by atoms with Crippen LogP contribution in [0.2, 0.25) is 0 Å². The van der Waals surface area contributed by atoms with E-state index < -0.39 is 0 Å². The summed E-state index contributed by atoms with van der Waals surface area (Å²) in [4.78, 5) is 7.40.